The van der Waals surface area contributed by atoms with Gasteiger partial charge in [0.05, 0.1) is 55.1 Å². The van der Waals surface area contributed by atoms with E-state index in [9.17, 15) is 12.3 Å². The molecule has 0 saturated heterocycles. The predicted molar refractivity (Wildman–Crippen MR) is 203 cm³/mol. The van der Waals surface area contributed by atoms with Crippen LogP contribution in [0.3, 0.4) is 0 Å². The molecule has 5 heteroatoms. The molecule has 0 radical (unpaired) electrons. The van der Waals surface area contributed by atoms with E-state index in [2.05, 4.69) is 15.0 Å². The summed E-state index contributed by atoms with van der Waals surface area (Å²) in [5.41, 5.74) is -7.33. The molecule has 5 nitrogen and oxygen atoms in total. The molecular weight excluding hydrogens is 613 g/mol. The van der Waals surface area contributed by atoms with Gasteiger partial charge in [0.25, 0.3) is 0 Å². The quantitative estimate of drug-likeness (QED) is 0.183. The third kappa shape index (κ3) is 4.52. The van der Waals surface area contributed by atoms with Crippen LogP contribution in [0, 0.1) is 0 Å². The summed E-state index contributed by atoms with van der Waals surface area (Å²) in [5, 5.41) is -2.35. The predicted octanol–water partition coefficient (Wildman–Crippen LogP) is 11.5. The molecule has 0 spiro atoms. The van der Waals surface area contributed by atoms with Crippen molar-refractivity contribution >= 4 is 43.7 Å². The zero-order valence-corrected chi connectivity index (χ0v) is 24.7. The Morgan fingerprint density at radius 2 is 1.02 bits per heavy atom. The lowest BCUT2D eigenvalue weighted by Gasteiger charge is -2.13. The first-order valence-electron chi connectivity index (χ1n) is 28.4. The van der Waals surface area contributed by atoms with Crippen LogP contribution in [0.15, 0.2) is 174 Å². The monoisotopic (exact) mass is 668 g/mol. The highest BCUT2D eigenvalue weighted by atomic mass is 16.3. The average molecular weight is 669 g/mol. The van der Waals surface area contributed by atoms with Crippen molar-refractivity contribution in [3.05, 3.63) is 169 Å². The van der Waals surface area contributed by atoms with Crippen LogP contribution >= 0.6 is 0 Å². The molecular formula is C45H28N4O. The van der Waals surface area contributed by atoms with Gasteiger partial charge in [-0.1, -0.05) is 139 Å². The van der Waals surface area contributed by atoms with Crippen LogP contribution in [-0.2, 0) is 0 Å². The zero-order valence-electron chi connectivity index (χ0n) is 52.7. The molecule has 0 atom stereocenters. The van der Waals surface area contributed by atoms with Crippen molar-refractivity contribution in [2.75, 3.05) is 0 Å². The topological polar surface area (TPSA) is 56.7 Å². The van der Waals surface area contributed by atoms with Crippen LogP contribution in [0.25, 0.3) is 94.7 Å². The van der Waals surface area contributed by atoms with Gasteiger partial charge in [-0.3, -0.25) is 0 Å². The van der Waals surface area contributed by atoms with Gasteiger partial charge >= 0.3 is 0 Å². The van der Waals surface area contributed by atoms with Gasteiger partial charge in [0.2, 0.25) is 0 Å². The van der Waals surface area contributed by atoms with Gasteiger partial charge in [-0.2, -0.15) is 0 Å². The second-order valence-corrected chi connectivity index (χ2v) is 10.3. The van der Waals surface area contributed by atoms with Gasteiger partial charge in [-0.15, -0.1) is 0 Å². The Kier molecular flexibility index (Phi) is 2.72. The third-order valence-corrected chi connectivity index (χ3v) is 7.54. The average Bonchev–Trinajstić information content (AvgIpc) is 4.14. The Hall–Kier alpha value is -6.85. The van der Waals surface area contributed by atoms with Crippen molar-refractivity contribution in [3.63, 3.8) is 0 Å². The highest BCUT2D eigenvalue weighted by Crippen LogP contribution is 2.41. The Morgan fingerprint density at radius 1 is 0.440 bits per heavy atom. The van der Waals surface area contributed by atoms with E-state index in [-0.39, 0.29) is 0 Å². The molecule has 50 heavy (non-hydrogen) atoms. The molecule has 0 aliphatic heterocycles. The summed E-state index contributed by atoms with van der Waals surface area (Å²) in [6.07, 6.45) is 0. The fourth-order valence-electron chi connectivity index (χ4n) is 5.45. The largest absolute Gasteiger partial charge is 0.454 e. The molecule has 3 heterocycles. The lowest BCUT2D eigenvalue weighted by Crippen LogP contribution is -2.02. The Bertz CT molecular complexity index is 4320. The lowest BCUT2D eigenvalue weighted by molar-refractivity contribution is 0.666. The fraction of sp³-hybridized carbons (Fsp3) is 0. The Morgan fingerprint density at radius 3 is 1.74 bits per heavy atom. The van der Waals surface area contributed by atoms with Crippen molar-refractivity contribution in [1.29, 1.82) is 0 Å². The maximum Gasteiger partial charge on any atom is 0.166 e. The normalized spacial score (nSPS) is 19.4. The molecule has 7 aromatic carbocycles. The van der Waals surface area contributed by atoms with Crippen LogP contribution < -0.4 is 0 Å². The first-order chi connectivity index (χ1) is 36.4. The van der Waals surface area contributed by atoms with E-state index in [4.69, 9.17) is 30.5 Å². The van der Waals surface area contributed by atoms with Crippen molar-refractivity contribution in [2.45, 2.75) is 0 Å². The summed E-state index contributed by atoms with van der Waals surface area (Å²) >= 11 is 0. The van der Waals surface area contributed by atoms with E-state index < -0.39 is 264 Å². The molecule has 3 aromatic heterocycles. The van der Waals surface area contributed by atoms with E-state index >= 15 is 0 Å². The Balaban J connectivity index is 1.47. The fourth-order valence-corrected chi connectivity index (χ4v) is 5.45. The summed E-state index contributed by atoms with van der Waals surface area (Å²) in [4.78, 5) is 13.1. The minimum atomic E-state index is -1.03. The van der Waals surface area contributed by atoms with E-state index in [1.54, 1.807) is 0 Å². The number of hydrogen-bond donors (Lipinski definition) is 0. The SMILES string of the molecule is [2H]c1c([2H])c([2H])c(-c2nc(-c3c([2H])c([2H])c([2H])c([2H])c3[2H])nc(-c3c([2H])c([2H])c([2H])c4c5c([2H])c([2H])c([2H])c([2H])c5n(-c5c([2H])c([2H])c([2H])c6c5oc5c([2H])c(-c7c([2H])c([2H])c([2H])c([2H])c7[2H])c([2H])c([2H])c56)c34)n2)c([2H])c1[2H]. The van der Waals surface area contributed by atoms with Gasteiger partial charge < -0.3 is 8.98 Å². The molecule has 10 rings (SSSR count). The van der Waals surface area contributed by atoms with Crippen LogP contribution in [0.5, 0.6) is 0 Å². The first kappa shape index (κ1) is 11.9. The number of fused-ring (bicyclic) bond motifs is 6. The van der Waals surface area contributed by atoms with E-state index in [0.29, 0.717) is 0 Å². The van der Waals surface area contributed by atoms with Crippen LogP contribution in [0.2, 0.25) is 0 Å². The van der Waals surface area contributed by atoms with Crippen LogP contribution in [0.1, 0.15) is 38.4 Å². The molecule has 10 aromatic rings. The van der Waals surface area contributed by atoms with Crippen molar-refractivity contribution in [1.82, 2.24) is 19.5 Å². The summed E-state index contributed by atoms with van der Waals surface area (Å²) in [7, 11) is 0. The lowest BCUT2D eigenvalue weighted by atomic mass is 10.0. The van der Waals surface area contributed by atoms with Crippen molar-refractivity contribution < 1.29 is 42.8 Å². The van der Waals surface area contributed by atoms with Gasteiger partial charge in [0.1, 0.15) is 5.58 Å². The Labute approximate surface area is 327 Å². The molecule has 0 N–H and O–H groups in total. The number of nitrogens with zero attached hydrogens (tertiary/aromatic N) is 4. The standard InChI is InChI=1S/C45H28N4O/c1-4-14-29(15-5-1)32-26-27-34-36-22-13-25-39(42(36)50-40(34)28-32)49-38-24-11-10-20-33(38)35-21-12-23-37(41(35)49)45-47-43(30-16-6-2-7-17-30)46-44(48-45)31-18-8-3-9-19-31/h1-28H/i1D,2D,3D,4D,5D,6D,7D,8D,9D,10D,11D,12D,13D,14D,15D,16D,17D,18D,19D,20D,21D,22D,23D,24D,25D,26D,27D,28D. The molecule has 0 aliphatic carbocycles. The number of hydrogen-bond acceptors (Lipinski definition) is 4. The summed E-state index contributed by atoms with van der Waals surface area (Å²) in [6, 6.07) is -25.6. The zero-order chi connectivity index (χ0) is 57.4. The van der Waals surface area contributed by atoms with Gasteiger partial charge in [-0.25, -0.2) is 15.0 Å². The van der Waals surface area contributed by atoms with E-state index in [1.807, 2.05) is 0 Å². The van der Waals surface area contributed by atoms with Gasteiger partial charge in [-0.05, 0) is 41.3 Å². The minimum absolute atomic E-state index is 0.557. The van der Waals surface area contributed by atoms with Gasteiger partial charge in [0.15, 0.2) is 23.1 Å². The maximum atomic E-state index is 9.55. The number of rotatable bonds is 5. The minimum Gasteiger partial charge on any atom is -0.454 e. The number of benzene rings is 7. The molecule has 0 amide bonds. The molecule has 0 aliphatic rings. The second-order valence-electron chi connectivity index (χ2n) is 10.3. The number of furan rings is 1. The smallest absolute Gasteiger partial charge is 0.166 e. The van der Waals surface area contributed by atoms with Crippen LogP contribution in [-0.4, -0.2) is 19.5 Å². The molecule has 0 bridgehead atoms. The summed E-state index contributed by atoms with van der Waals surface area (Å²) in [6.45, 7) is 0. The number of para-hydroxylation sites is 3. The summed E-state index contributed by atoms with van der Waals surface area (Å²) < 4.78 is 254. The van der Waals surface area contributed by atoms with Crippen molar-refractivity contribution in [3.8, 4) is 51.0 Å². The highest BCUT2D eigenvalue weighted by Gasteiger charge is 2.22. The number of aromatic nitrogens is 4. The van der Waals surface area contributed by atoms with Gasteiger partial charge in [0, 0.05) is 38.2 Å². The molecule has 0 fully saturated rings. The second kappa shape index (κ2) is 11.4. The summed E-state index contributed by atoms with van der Waals surface area (Å²) in [5.74, 6) is -2.63. The van der Waals surface area contributed by atoms with Crippen LogP contribution in [0.4, 0.5) is 0 Å². The highest BCUT2D eigenvalue weighted by molar-refractivity contribution is 6.15. The molecule has 0 saturated carbocycles. The molecule has 0 unspecified atom stereocenters. The maximum absolute atomic E-state index is 9.55. The first-order valence-corrected chi connectivity index (χ1v) is 14.4. The van der Waals surface area contributed by atoms with Crippen molar-refractivity contribution in [2.24, 2.45) is 0 Å². The third-order valence-electron chi connectivity index (χ3n) is 7.54. The van der Waals surface area contributed by atoms with E-state index in [0.717, 1.165) is 4.57 Å². The van der Waals surface area contributed by atoms with E-state index in [1.165, 1.54) is 0 Å². The molecule has 234 valence electrons.